The maximum atomic E-state index is 12.4. The molecule has 0 spiro atoms. The molecular weight excluding hydrogens is 304 g/mol. The topological polar surface area (TPSA) is 52.6 Å². The van der Waals surface area contributed by atoms with E-state index in [9.17, 15) is 9.59 Å². The Kier molecular flexibility index (Phi) is 2.91. The molecule has 0 radical (unpaired) electrons. The summed E-state index contributed by atoms with van der Waals surface area (Å²) in [5.41, 5.74) is 2.47. The summed E-state index contributed by atoms with van der Waals surface area (Å²) in [6.07, 6.45) is 1.58. The number of benzene rings is 1. The lowest BCUT2D eigenvalue weighted by molar-refractivity contribution is -0.151. The van der Waals surface area contributed by atoms with Gasteiger partial charge in [0.1, 0.15) is 11.4 Å². The molecule has 124 valence electrons. The Morgan fingerprint density at radius 2 is 1.71 bits per heavy atom. The van der Waals surface area contributed by atoms with E-state index in [-0.39, 0.29) is 0 Å². The largest absolute Gasteiger partial charge is 0.481 e. The first-order valence-electron chi connectivity index (χ1n) is 8.36. The molecule has 24 heavy (non-hydrogen) atoms. The first-order chi connectivity index (χ1) is 11.3. The number of fused-ring (bicyclic) bond motifs is 3. The summed E-state index contributed by atoms with van der Waals surface area (Å²) >= 11 is 0. The van der Waals surface area contributed by atoms with E-state index in [1.54, 1.807) is 0 Å². The molecule has 0 aromatic heterocycles. The normalized spacial score (nSPS) is 26.8. The average Bonchev–Trinajstić information content (AvgIpc) is 2.99. The molecule has 1 unspecified atom stereocenters. The fourth-order valence-electron chi connectivity index (χ4n) is 4.28. The van der Waals surface area contributed by atoms with Crippen molar-refractivity contribution < 1.29 is 19.1 Å². The standard InChI is InChI=1S/C20H20O4/c1-5-8-12-14-16(18(22)23-17(14)21)19(2,3)20(4)15(12)11-9-6-7-10-13(11)24-20/h6-7,9-10H,5,8H2,1-4H3. The number of cyclic esters (lactones) is 2. The molecule has 1 aromatic carbocycles. The Morgan fingerprint density at radius 3 is 2.42 bits per heavy atom. The van der Waals surface area contributed by atoms with Gasteiger partial charge in [0, 0.05) is 16.6 Å². The van der Waals surface area contributed by atoms with Crippen LogP contribution < -0.4 is 4.74 Å². The smallest absolute Gasteiger partial charge is 0.346 e. The predicted octanol–water partition coefficient (Wildman–Crippen LogP) is 3.81. The Balaban J connectivity index is 2.11. The fourth-order valence-corrected chi connectivity index (χ4v) is 4.28. The van der Waals surface area contributed by atoms with E-state index in [1.165, 1.54) is 0 Å². The van der Waals surface area contributed by atoms with E-state index < -0.39 is 23.0 Å². The van der Waals surface area contributed by atoms with Crippen molar-refractivity contribution in [2.45, 2.75) is 46.1 Å². The van der Waals surface area contributed by atoms with Gasteiger partial charge in [-0.15, -0.1) is 0 Å². The Labute approximate surface area is 141 Å². The summed E-state index contributed by atoms with van der Waals surface area (Å²) in [4.78, 5) is 24.8. The van der Waals surface area contributed by atoms with Gasteiger partial charge in [0.05, 0.1) is 11.1 Å². The zero-order valence-electron chi connectivity index (χ0n) is 14.4. The van der Waals surface area contributed by atoms with E-state index in [0.717, 1.165) is 28.9 Å². The van der Waals surface area contributed by atoms with Crippen LogP contribution in [0.4, 0.5) is 0 Å². The van der Waals surface area contributed by atoms with Gasteiger partial charge in [-0.25, -0.2) is 9.59 Å². The molecule has 0 amide bonds. The summed E-state index contributed by atoms with van der Waals surface area (Å²) < 4.78 is 11.3. The first-order valence-corrected chi connectivity index (χ1v) is 8.36. The third kappa shape index (κ3) is 1.58. The van der Waals surface area contributed by atoms with Crippen LogP contribution in [0.5, 0.6) is 5.75 Å². The van der Waals surface area contributed by atoms with Crippen molar-refractivity contribution in [2.24, 2.45) is 5.41 Å². The average molecular weight is 324 g/mol. The number of carbonyl (C=O) groups excluding carboxylic acids is 2. The van der Waals surface area contributed by atoms with Gasteiger partial charge >= 0.3 is 11.9 Å². The molecular formula is C20H20O4. The highest BCUT2D eigenvalue weighted by Gasteiger charge is 2.61. The van der Waals surface area contributed by atoms with Crippen molar-refractivity contribution in [3.05, 3.63) is 46.5 Å². The maximum absolute atomic E-state index is 12.4. The summed E-state index contributed by atoms with van der Waals surface area (Å²) in [7, 11) is 0. The van der Waals surface area contributed by atoms with Gasteiger partial charge < -0.3 is 9.47 Å². The van der Waals surface area contributed by atoms with Crippen LogP contribution in [0.25, 0.3) is 5.57 Å². The molecule has 0 N–H and O–H groups in total. The monoisotopic (exact) mass is 324 g/mol. The van der Waals surface area contributed by atoms with Crippen LogP contribution in [0.2, 0.25) is 0 Å². The Morgan fingerprint density at radius 1 is 1.00 bits per heavy atom. The predicted molar refractivity (Wildman–Crippen MR) is 89.2 cm³/mol. The third-order valence-electron chi connectivity index (χ3n) is 5.71. The summed E-state index contributed by atoms with van der Waals surface area (Å²) in [6, 6.07) is 7.87. The second-order valence-electron chi connectivity index (χ2n) is 7.29. The Bertz CT molecular complexity index is 856. The molecule has 4 rings (SSSR count). The highest BCUT2D eigenvalue weighted by molar-refractivity contribution is 6.18. The molecule has 4 heteroatoms. The number of hydrogen-bond donors (Lipinski definition) is 0. The molecule has 3 aliphatic rings. The van der Waals surface area contributed by atoms with Crippen LogP contribution in [-0.4, -0.2) is 17.5 Å². The van der Waals surface area contributed by atoms with Crippen LogP contribution in [0.3, 0.4) is 0 Å². The van der Waals surface area contributed by atoms with Gasteiger partial charge in [0.2, 0.25) is 0 Å². The van der Waals surface area contributed by atoms with E-state index in [0.29, 0.717) is 17.6 Å². The lowest BCUT2D eigenvalue weighted by Crippen LogP contribution is -2.50. The van der Waals surface area contributed by atoms with E-state index in [4.69, 9.17) is 9.47 Å². The first kappa shape index (κ1) is 15.2. The zero-order chi connectivity index (χ0) is 17.3. The molecule has 1 aliphatic carbocycles. The van der Waals surface area contributed by atoms with Gasteiger partial charge in [-0.05, 0) is 25.0 Å². The minimum absolute atomic E-state index is 0.454. The van der Waals surface area contributed by atoms with Crippen LogP contribution in [0.1, 0.15) is 46.1 Å². The quantitative estimate of drug-likeness (QED) is 0.613. The second kappa shape index (κ2) is 4.59. The SMILES string of the molecule is CCCC1=C2c3ccccc3OC2(C)C(C)(C)C2=C1C(=O)OC2=O. The summed E-state index contributed by atoms with van der Waals surface area (Å²) in [5.74, 6) is -0.252. The van der Waals surface area contributed by atoms with Gasteiger partial charge in [0.25, 0.3) is 0 Å². The van der Waals surface area contributed by atoms with Gasteiger partial charge in [-0.1, -0.05) is 45.4 Å². The van der Waals surface area contributed by atoms with Crippen molar-refractivity contribution in [3.8, 4) is 5.75 Å². The number of rotatable bonds is 2. The van der Waals surface area contributed by atoms with E-state index in [1.807, 2.05) is 45.0 Å². The molecule has 0 saturated heterocycles. The molecule has 2 heterocycles. The lowest BCUT2D eigenvalue weighted by Gasteiger charge is -2.45. The summed E-state index contributed by atoms with van der Waals surface area (Å²) in [6.45, 7) is 7.99. The number of carbonyl (C=O) groups is 2. The van der Waals surface area contributed by atoms with Crippen LogP contribution in [0.15, 0.2) is 41.0 Å². The molecule has 0 bridgehead atoms. The number of ether oxygens (including phenoxy) is 2. The van der Waals surface area contributed by atoms with Crippen LogP contribution in [-0.2, 0) is 14.3 Å². The molecule has 4 nitrogen and oxygen atoms in total. The van der Waals surface area contributed by atoms with E-state index in [2.05, 4.69) is 6.92 Å². The van der Waals surface area contributed by atoms with Crippen LogP contribution in [0, 0.1) is 5.41 Å². The Hall–Kier alpha value is -2.36. The van der Waals surface area contributed by atoms with Gasteiger partial charge in [-0.2, -0.15) is 0 Å². The lowest BCUT2D eigenvalue weighted by atomic mass is 9.60. The minimum atomic E-state index is -0.705. The second-order valence-corrected chi connectivity index (χ2v) is 7.29. The van der Waals surface area contributed by atoms with Crippen molar-refractivity contribution in [1.29, 1.82) is 0 Å². The minimum Gasteiger partial charge on any atom is -0.481 e. The molecule has 0 fully saturated rings. The van der Waals surface area contributed by atoms with Gasteiger partial charge in [-0.3, -0.25) is 0 Å². The summed E-state index contributed by atoms with van der Waals surface area (Å²) in [5, 5.41) is 0. The van der Waals surface area contributed by atoms with Gasteiger partial charge in [0.15, 0.2) is 0 Å². The van der Waals surface area contributed by atoms with E-state index >= 15 is 0 Å². The molecule has 0 saturated carbocycles. The zero-order valence-corrected chi connectivity index (χ0v) is 14.4. The molecule has 1 aromatic rings. The highest BCUT2D eigenvalue weighted by Crippen LogP contribution is 2.61. The number of para-hydroxylation sites is 1. The molecule has 2 aliphatic heterocycles. The highest BCUT2D eigenvalue weighted by atomic mass is 16.6. The molecule has 1 atom stereocenters. The number of hydrogen-bond acceptors (Lipinski definition) is 4. The van der Waals surface area contributed by atoms with Crippen molar-refractivity contribution in [2.75, 3.05) is 0 Å². The van der Waals surface area contributed by atoms with Crippen molar-refractivity contribution in [3.63, 3.8) is 0 Å². The third-order valence-corrected chi connectivity index (χ3v) is 5.71. The van der Waals surface area contributed by atoms with Crippen LogP contribution >= 0.6 is 0 Å². The maximum Gasteiger partial charge on any atom is 0.346 e. The van der Waals surface area contributed by atoms with Crippen molar-refractivity contribution >= 4 is 17.5 Å². The van der Waals surface area contributed by atoms with Crippen molar-refractivity contribution in [1.82, 2.24) is 0 Å². The number of esters is 2. The fraction of sp³-hybridized carbons (Fsp3) is 0.400.